The third kappa shape index (κ3) is 3.51. The van der Waals surface area contributed by atoms with Crippen LogP contribution in [0.3, 0.4) is 0 Å². The van der Waals surface area contributed by atoms with Crippen LogP contribution >= 0.6 is 0 Å². The van der Waals surface area contributed by atoms with E-state index in [4.69, 9.17) is 14.4 Å². The second-order valence-corrected chi connectivity index (χ2v) is 8.03. The minimum Gasteiger partial charge on any atom is -0.459 e. The molecule has 1 N–H and O–H groups in total. The summed E-state index contributed by atoms with van der Waals surface area (Å²) >= 11 is 0. The first kappa shape index (κ1) is 18.9. The van der Waals surface area contributed by atoms with E-state index >= 15 is 0 Å². The van der Waals surface area contributed by atoms with Crippen molar-refractivity contribution in [1.82, 2.24) is 14.3 Å². The molecule has 0 aromatic carbocycles. The zero-order valence-electron chi connectivity index (χ0n) is 16.9. The number of aromatic nitrogens is 2. The molecule has 3 aromatic rings. The lowest BCUT2D eigenvalue weighted by Gasteiger charge is -2.29. The summed E-state index contributed by atoms with van der Waals surface area (Å²) in [5.74, 6) is 2.27. The highest BCUT2D eigenvalue weighted by molar-refractivity contribution is 5.75. The Morgan fingerprint density at radius 2 is 2.17 bits per heavy atom. The lowest BCUT2D eigenvalue weighted by Crippen LogP contribution is -2.39. The van der Waals surface area contributed by atoms with Crippen LogP contribution in [0, 0.1) is 11.3 Å². The topological polar surface area (TPSA) is 95.8 Å². The summed E-state index contributed by atoms with van der Waals surface area (Å²) in [6.45, 7) is 6.56. The number of ether oxygens (including phenoxy) is 1. The molecule has 1 aliphatic rings. The number of furan rings is 1. The summed E-state index contributed by atoms with van der Waals surface area (Å²) < 4.78 is 13.5. The van der Waals surface area contributed by atoms with Crippen LogP contribution in [0.25, 0.3) is 17.1 Å². The maximum absolute atomic E-state index is 12.4. The van der Waals surface area contributed by atoms with Gasteiger partial charge >= 0.3 is 6.09 Å². The predicted molar refractivity (Wildman–Crippen MR) is 108 cm³/mol. The van der Waals surface area contributed by atoms with E-state index in [9.17, 15) is 4.79 Å². The number of fused-ring (bicyclic) bond motifs is 2. The molecule has 8 nitrogen and oxygen atoms in total. The van der Waals surface area contributed by atoms with Crippen LogP contribution in [0.1, 0.15) is 37.7 Å². The van der Waals surface area contributed by atoms with Crippen molar-refractivity contribution in [3.8, 4) is 17.5 Å². The number of hydrogen-bond donors (Lipinski definition) is 1. The zero-order chi connectivity index (χ0) is 20.8. The van der Waals surface area contributed by atoms with Crippen LogP contribution in [0.15, 0.2) is 28.8 Å². The highest BCUT2D eigenvalue weighted by Crippen LogP contribution is 2.34. The minimum absolute atomic E-state index is 0.321. The second-order valence-electron chi connectivity index (χ2n) is 8.03. The highest BCUT2D eigenvalue weighted by atomic mass is 16.6. The van der Waals surface area contributed by atoms with Gasteiger partial charge in [-0.25, -0.2) is 9.78 Å². The Balaban J connectivity index is 1.66. The number of nitrogens with one attached hydrogen (secondary N) is 1. The second kappa shape index (κ2) is 6.85. The number of rotatable bonds is 2. The van der Waals surface area contributed by atoms with Crippen LogP contribution in [-0.2, 0) is 17.7 Å². The number of carbonyl (C=O) groups excluding carboxylic acids is 1. The van der Waals surface area contributed by atoms with Gasteiger partial charge in [0.15, 0.2) is 5.76 Å². The average molecular weight is 393 g/mol. The molecule has 150 valence electrons. The molecular formula is C21H23N5O3. The number of anilines is 1. The van der Waals surface area contributed by atoms with Gasteiger partial charge < -0.3 is 19.4 Å². The third-order valence-electron chi connectivity index (χ3n) is 4.74. The summed E-state index contributed by atoms with van der Waals surface area (Å²) in [5, 5.41) is 12.3. The van der Waals surface area contributed by atoms with Gasteiger partial charge in [0.05, 0.1) is 18.2 Å². The fraction of sp³-hybridized carbons (Fsp3) is 0.381. The first-order valence-corrected chi connectivity index (χ1v) is 9.49. The van der Waals surface area contributed by atoms with Crippen molar-refractivity contribution in [3.63, 3.8) is 0 Å². The van der Waals surface area contributed by atoms with Crippen molar-refractivity contribution < 1.29 is 13.9 Å². The largest absolute Gasteiger partial charge is 0.459 e. The van der Waals surface area contributed by atoms with E-state index < -0.39 is 5.60 Å². The molecule has 8 heteroatoms. The van der Waals surface area contributed by atoms with Crippen LogP contribution < -0.4 is 5.32 Å². The third-order valence-corrected chi connectivity index (χ3v) is 4.74. The van der Waals surface area contributed by atoms with Crippen LogP contribution in [0.4, 0.5) is 10.6 Å². The summed E-state index contributed by atoms with van der Waals surface area (Å²) in [6.07, 6.45) is 2.11. The molecule has 0 radical (unpaired) electrons. The molecule has 4 heterocycles. The Labute approximate surface area is 168 Å². The Hall–Kier alpha value is -3.47. The Bertz CT molecular complexity index is 1130. The van der Waals surface area contributed by atoms with Crippen molar-refractivity contribution in [2.45, 2.75) is 39.3 Å². The van der Waals surface area contributed by atoms with E-state index in [0.29, 0.717) is 42.2 Å². The van der Waals surface area contributed by atoms with Gasteiger partial charge in [0.2, 0.25) is 0 Å². The van der Waals surface area contributed by atoms with Gasteiger partial charge in [0, 0.05) is 31.8 Å². The average Bonchev–Trinajstić information content (AvgIpc) is 3.25. The van der Waals surface area contributed by atoms with Crippen LogP contribution in [0.5, 0.6) is 0 Å². The maximum atomic E-state index is 12.4. The van der Waals surface area contributed by atoms with Gasteiger partial charge in [0.1, 0.15) is 28.5 Å². The Morgan fingerprint density at radius 1 is 1.38 bits per heavy atom. The fourth-order valence-electron chi connectivity index (χ4n) is 3.46. The molecule has 0 aliphatic carbocycles. The van der Waals surface area contributed by atoms with Crippen molar-refractivity contribution in [2.75, 3.05) is 18.9 Å². The standard InChI is InChI=1S/C21H23N5O3/c1-21(2,3)29-20(27)25-7-6-15-14(12-25)10-16(28-15)18-19(23-4)26-8-5-13(11-22)9-17(26)24-18/h5,8-10,23H,6-7,12H2,1-4H3. The van der Waals surface area contributed by atoms with E-state index in [-0.39, 0.29) is 6.09 Å². The molecule has 0 spiro atoms. The monoisotopic (exact) mass is 393 g/mol. The molecule has 0 atom stereocenters. The quantitative estimate of drug-likeness (QED) is 0.711. The smallest absolute Gasteiger partial charge is 0.410 e. The van der Waals surface area contributed by atoms with Crippen molar-refractivity contribution in [3.05, 3.63) is 41.3 Å². The van der Waals surface area contributed by atoms with Crippen LogP contribution in [0.2, 0.25) is 0 Å². The summed E-state index contributed by atoms with van der Waals surface area (Å²) in [4.78, 5) is 18.7. The van der Waals surface area contributed by atoms with Crippen molar-refractivity contribution in [2.24, 2.45) is 0 Å². The summed E-state index contributed by atoms with van der Waals surface area (Å²) in [6, 6.07) is 7.54. The number of nitriles is 1. The molecule has 1 aliphatic heterocycles. The van der Waals surface area contributed by atoms with Crippen LogP contribution in [-0.4, -0.2) is 39.6 Å². The molecule has 0 saturated heterocycles. The number of amides is 1. The molecule has 0 bridgehead atoms. The first-order valence-electron chi connectivity index (χ1n) is 9.49. The molecule has 0 fully saturated rings. The lowest BCUT2D eigenvalue weighted by molar-refractivity contribution is 0.0219. The van der Waals surface area contributed by atoms with E-state index in [2.05, 4.69) is 16.4 Å². The summed E-state index contributed by atoms with van der Waals surface area (Å²) in [7, 11) is 1.82. The molecular weight excluding hydrogens is 370 g/mol. The number of carbonyl (C=O) groups is 1. The van der Waals surface area contributed by atoms with Gasteiger partial charge in [-0.05, 0) is 39.0 Å². The first-order chi connectivity index (χ1) is 13.8. The molecule has 4 rings (SSSR count). The minimum atomic E-state index is -0.528. The zero-order valence-corrected chi connectivity index (χ0v) is 16.9. The molecule has 0 saturated carbocycles. The van der Waals surface area contributed by atoms with E-state index in [1.54, 1.807) is 17.0 Å². The van der Waals surface area contributed by atoms with E-state index in [0.717, 1.165) is 17.1 Å². The van der Waals surface area contributed by atoms with Crippen molar-refractivity contribution >= 4 is 17.6 Å². The van der Waals surface area contributed by atoms with Crippen molar-refractivity contribution in [1.29, 1.82) is 5.26 Å². The van der Waals surface area contributed by atoms with E-state index in [1.807, 2.05) is 44.5 Å². The Morgan fingerprint density at radius 3 is 2.86 bits per heavy atom. The molecule has 1 amide bonds. The van der Waals surface area contributed by atoms with Gasteiger partial charge in [0.25, 0.3) is 0 Å². The number of pyridine rings is 1. The summed E-state index contributed by atoms with van der Waals surface area (Å²) in [5.41, 5.74) is 2.30. The predicted octanol–water partition coefficient (Wildman–Crippen LogP) is 3.80. The fourth-order valence-corrected chi connectivity index (χ4v) is 3.46. The molecule has 3 aromatic heterocycles. The normalized spacial score (nSPS) is 13.8. The van der Waals surface area contributed by atoms with Gasteiger partial charge in [-0.1, -0.05) is 0 Å². The maximum Gasteiger partial charge on any atom is 0.410 e. The van der Waals surface area contributed by atoms with E-state index in [1.165, 1.54) is 0 Å². The van der Waals surface area contributed by atoms with Gasteiger partial charge in [-0.2, -0.15) is 5.26 Å². The lowest BCUT2D eigenvalue weighted by atomic mass is 10.1. The molecule has 0 unspecified atom stereocenters. The number of nitrogens with zero attached hydrogens (tertiary/aromatic N) is 4. The number of hydrogen-bond acceptors (Lipinski definition) is 6. The highest BCUT2D eigenvalue weighted by Gasteiger charge is 2.29. The van der Waals surface area contributed by atoms with Gasteiger partial charge in [-0.15, -0.1) is 0 Å². The Kier molecular flexibility index (Phi) is 4.46. The number of imidazole rings is 1. The van der Waals surface area contributed by atoms with Gasteiger partial charge in [-0.3, -0.25) is 4.40 Å². The molecule has 29 heavy (non-hydrogen) atoms. The SMILES string of the molecule is CNc1c(-c2cc3c(o2)CCN(C(=O)OC(C)(C)C)C3)nc2cc(C#N)ccn12.